The van der Waals surface area contributed by atoms with Gasteiger partial charge in [-0.3, -0.25) is 0 Å². The van der Waals surface area contributed by atoms with Gasteiger partial charge in [0.05, 0.1) is 19.3 Å². The predicted octanol–water partition coefficient (Wildman–Crippen LogP) is 5.83. The molecule has 0 radical (unpaired) electrons. The molecule has 4 rings (SSSR count). The molecule has 152 valence electrons. The Morgan fingerprint density at radius 2 is 1.67 bits per heavy atom. The Morgan fingerprint density at radius 1 is 0.933 bits per heavy atom. The van der Waals surface area contributed by atoms with Gasteiger partial charge in [0.2, 0.25) is 0 Å². The van der Waals surface area contributed by atoms with E-state index >= 15 is 0 Å². The highest BCUT2D eigenvalue weighted by atomic mass is 79.9. The molecule has 1 heterocycles. The van der Waals surface area contributed by atoms with Gasteiger partial charge in [-0.15, -0.1) is 0 Å². The van der Waals surface area contributed by atoms with Crippen LogP contribution in [-0.4, -0.2) is 19.0 Å². The smallest absolute Gasteiger partial charge is 0.344 e. The molecule has 0 bridgehead atoms. The van der Waals surface area contributed by atoms with Crippen LogP contribution in [0.4, 0.5) is 0 Å². The molecule has 0 aliphatic heterocycles. The lowest BCUT2D eigenvalue weighted by Gasteiger charge is -2.13. The zero-order valence-electron chi connectivity index (χ0n) is 16.6. The van der Waals surface area contributed by atoms with Crippen LogP contribution in [0.1, 0.15) is 11.1 Å². The van der Waals surface area contributed by atoms with Crippen molar-refractivity contribution in [2.24, 2.45) is 0 Å². The molecule has 4 aromatic rings. The maximum Gasteiger partial charge on any atom is 0.344 e. The molecule has 0 aliphatic rings. The van der Waals surface area contributed by atoms with Crippen molar-refractivity contribution in [1.82, 2.24) is 0 Å². The average Bonchev–Trinajstić information content (AvgIpc) is 2.78. The van der Waals surface area contributed by atoms with E-state index in [1.54, 1.807) is 13.2 Å². The predicted molar refractivity (Wildman–Crippen MR) is 123 cm³/mol. The second-order valence-corrected chi connectivity index (χ2v) is 7.62. The molecule has 0 amide bonds. The van der Waals surface area contributed by atoms with Gasteiger partial charge in [-0.1, -0.05) is 58.4 Å². The van der Waals surface area contributed by atoms with Crippen LogP contribution < -0.4 is 15.1 Å². The summed E-state index contributed by atoms with van der Waals surface area (Å²) in [4.78, 5) is 13.0. The molecule has 0 unspecified atom stereocenters. The lowest BCUT2D eigenvalue weighted by atomic mass is 9.93. The van der Waals surface area contributed by atoms with E-state index in [1.165, 1.54) is 0 Å². The first-order valence-electron chi connectivity index (χ1n) is 9.66. The van der Waals surface area contributed by atoms with E-state index in [-0.39, 0.29) is 5.63 Å². The summed E-state index contributed by atoms with van der Waals surface area (Å²) in [5.74, 6) is 1.47. The van der Waals surface area contributed by atoms with Gasteiger partial charge >= 0.3 is 5.63 Å². The molecule has 0 atom stereocenters. The molecule has 3 aromatic carbocycles. The number of ether oxygens (including phenoxy) is 2. The Balaban J connectivity index is 1.84. The standard InChI is InChI=1S/C25H21BrO4/c1-28-20-11-12-21-22(15-17-7-9-19(10-8-17)29-14-13-26)24(18-5-3-2-4-6-18)25(27)30-23(21)16-20/h2-12,16H,13-15H2,1H3. The Hall–Kier alpha value is -3.05. The highest BCUT2D eigenvalue weighted by Gasteiger charge is 2.17. The van der Waals surface area contributed by atoms with E-state index in [0.29, 0.717) is 29.9 Å². The van der Waals surface area contributed by atoms with Crippen LogP contribution in [0.3, 0.4) is 0 Å². The molecule has 0 N–H and O–H groups in total. The van der Waals surface area contributed by atoms with Crippen molar-refractivity contribution in [3.63, 3.8) is 0 Å². The third kappa shape index (κ3) is 4.26. The fourth-order valence-electron chi connectivity index (χ4n) is 3.52. The molecule has 4 nitrogen and oxygen atoms in total. The monoisotopic (exact) mass is 464 g/mol. The van der Waals surface area contributed by atoms with Crippen molar-refractivity contribution in [3.05, 3.63) is 94.3 Å². The Bertz CT molecular complexity index is 1200. The molecular formula is C25H21BrO4. The van der Waals surface area contributed by atoms with Crippen LogP contribution in [0.5, 0.6) is 11.5 Å². The highest BCUT2D eigenvalue weighted by Crippen LogP contribution is 2.31. The SMILES string of the molecule is COc1ccc2c(Cc3ccc(OCCBr)cc3)c(-c3ccccc3)c(=O)oc2c1. The second-order valence-electron chi connectivity index (χ2n) is 6.83. The largest absolute Gasteiger partial charge is 0.497 e. The van der Waals surface area contributed by atoms with E-state index in [4.69, 9.17) is 13.9 Å². The summed E-state index contributed by atoms with van der Waals surface area (Å²) < 4.78 is 16.6. The van der Waals surface area contributed by atoms with Crippen molar-refractivity contribution in [2.45, 2.75) is 6.42 Å². The number of hydrogen-bond donors (Lipinski definition) is 0. The third-order valence-corrected chi connectivity index (χ3v) is 5.26. The Kier molecular flexibility index (Phi) is 6.19. The molecule has 1 aromatic heterocycles. The first-order chi connectivity index (χ1) is 14.7. The summed E-state index contributed by atoms with van der Waals surface area (Å²) in [7, 11) is 1.59. The molecule has 0 saturated carbocycles. The minimum atomic E-state index is -0.353. The van der Waals surface area contributed by atoms with Crippen molar-refractivity contribution in [3.8, 4) is 22.6 Å². The number of halogens is 1. The van der Waals surface area contributed by atoms with E-state index in [0.717, 1.165) is 33.2 Å². The number of alkyl halides is 1. The first-order valence-corrected chi connectivity index (χ1v) is 10.8. The minimum Gasteiger partial charge on any atom is -0.497 e. The molecule has 0 saturated heterocycles. The van der Waals surface area contributed by atoms with Crippen molar-refractivity contribution in [1.29, 1.82) is 0 Å². The average molecular weight is 465 g/mol. The maximum atomic E-state index is 13.0. The second kappa shape index (κ2) is 9.18. The third-order valence-electron chi connectivity index (χ3n) is 4.94. The summed E-state index contributed by atoms with van der Waals surface area (Å²) >= 11 is 3.36. The number of rotatable bonds is 7. The lowest BCUT2D eigenvalue weighted by molar-refractivity contribution is 0.345. The zero-order chi connectivity index (χ0) is 20.9. The van der Waals surface area contributed by atoms with E-state index < -0.39 is 0 Å². The van der Waals surface area contributed by atoms with Gasteiger partial charge in [-0.2, -0.15) is 0 Å². The van der Waals surface area contributed by atoms with Crippen LogP contribution in [0.15, 0.2) is 82.0 Å². The molecule has 0 spiro atoms. The van der Waals surface area contributed by atoms with Gasteiger partial charge in [-0.05, 0) is 47.4 Å². The van der Waals surface area contributed by atoms with E-state index in [9.17, 15) is 4.79 Å². The topological polar surface area (TPSA) is 48.7 Å². The molecule has 5 heteroatoms. The summed E-state index contributed by atoms with van der Waals surface area (Å²) in [6.07, 6.45) is 0.595. The summed E-state index contributed by atoms with van der Waals surface area (Å²) in [6.45, 7) is 0.615. The summed E-state index contributed by atoms with van der Waals surface area (Å²) in [5, 5.41) is 1.68. The van der Waals surface area contributed by atoms with Crippen LogP contribution in [0.25, 0.3) is 22.1 Å². The van der Waals surface area contributed by atoms with Crippen molar-refractivity contribution < 1.29 is 13.9 Å². The van der Waals surface area contributed by atoms with Gasteiger partial charge in [0, 0.05) is 16.8 Å². The van der Waals surface area contributed by atoms with Crippen molar-refractivity contribution >= 4 is 26.9 Å². The van der Waals surface area contributed by atoms with Gasteiger partial charge in [0.25, 0.3) is 0 Å². The number of benzene rings is 3. The Labute approximate surface area is 183 Å². The number of fused-ring (bicyclic) bond motifs is 1. The number of methoxy groups -OCH3 is 1. The van der Waals surface area contributed by atoms with Gasteiger partial charge < -0.3 is 13.9 Å². The minimum absolute atomic E-state index is 0.353. The molecule has 0 aliphatic carbocycles. The van der Waals surface area contributed by atoms with Crippen LogP contribution in [-0.2, 0) is 6.42 Å². The highest BCUT2D eigenvalue weighted by molar-refractivity contribution is 9.09. The van der Waals surface area contributed by atoms with E-state index in [2.05, 4.69) is 15.9 Å². The van der Waals surface area contributed by atoms with Crippen molar-refractivity contribution in [2.75, 3.05) is 19.0 Å². The fraction of sp³-hybridized carbons (Fsp3) is 0.160. The zero-order valence-corrected chi connectivity index (χ0v) is 18.1. The quantitative estimate of drug-likeness (QED) is 0.255. The van der Waals surface area contributed by atoms with Gasteiger partial charge in [0.15, 0.2) is 0 Å². The van der Waals surface area contributed by atoms with Gasteiger partial charge in [0.1, 0.15) is 17.1 Å². The van der Waals surface area contributed by atoms with Gasteiger partial charge in [-0.25, -0.2) is 4.79 Å². The van der Waals surface area contributed by atoms with Crippen LogP contribution >= 0.6 is 15.9 Å². The molecule has 0 fully saturated rings. The molecule has 30 heavy (non-hydrogen) atoms. The van der Waals surface area contributed by atoms with E-state index in [1.807, 2.05) is 66.7 Å². The normalized spacial score (nSPS) is 10.9. The Morgan fingerprint density at radius 3 is 2.37 bits per heavy atom. The lowest BCUT2D eigenvalue weighted by Crippen LogP contribution is -2.09. The van der Waals surface area contributed by atoms with Crippen LogP contribution in [0.2, 0.25) is 0 Å². The fourth-order valence-corrected chi connectivity index (χ4v) is 3.68. The summed E-state index contributed by atoms with van der Waals surface area (Å²) in [5.41, 5.74) is 3.62. The molecular weight excluding hydrogens is 444 g/mol. The number of hydrogen-bond acceptors (Lipinski definition) is 4. The van der Waals surface area contributed by atoms with Crippen LogP contribution in [0, 0.1) is 0 Å². The maximum absolute atomic E-state index is 13.0. The summed E-state index contributed by atoms with van der Waals surface area (Å²) in [6, 6.07) is 23.2. The first kappa shape index (κ1) is 20.2.